The molecule has 92 valence electrons. The minimum absolute atomic E-state index is 0.205. The van der Waals surface area contributed by atoms with Crippen LogP contribution in [0.3, 0.4) is 0 Å². The number of nitrogens with zero attached hydrogens (tertiary/aromatic N) is 2. The highest BCUT2D eigenvalue weighted by Gasteiger charge is 2.26. The van der Waals surface area contributed by atoms with Crippen molar-refractivity contribution in [2.75, 3.05) is 7.05 Å². The highest BCUT2D eigenvalue weighted by molar-refractivity contribution is 6.33. The Kier molecular flexibility index (Phi) is 4.45. The van der Waals surface area contributed by atoms with Gasteiger partial charge in [0, 0.05) is 19.4 Å². The standard InChI is InChI=1S/C11H13ClN2O3/c1-3-9(11(16)17)14(2)10(15)7-6-13-5-4-8(7)12/h4-6,9H,3H2,1-2H3,(H,16,17). The maximum Gasteiger partial charge on any atom is 0.326 e. The first-order valence-electron chi connectivity index (χ1n) is 5.08. The van der Waals surface area contributed by atoms with Crippen molar-refractivity contribution in [1.29, 1.82) is 0 Å². The highest BCUT2D eigenvalue weighted by atomic mass is 35.5. The number of rotatable bonds is 4. The minimum Gasteiger partial charge on any atom is -0.480 e. The molecule has 17 heavy (non-hydrogen) atoms. The Hall–Kier alpha value is -1.62. The van der Waals surface area contributed by atoms with Crippen molar-refractivity contribution in [3.63, 3.8) is 0 Å². The number of halogens is 1. The molecule has 1 N–H and O–H groups in total. The van der Waals surface area contributed by atoms with Crippen molar-refractivity contribution in [1.82, 2.24) is 9.88 Å². The van der Waals surface area contributed by atoms with Crippen LogP contribution in [0.2, 0.25) is 5.02 Å². The Morgan fingerprint density at radius 2 is 2.24 bits per heavy atom. The average Bonchev–Trinajstić information content (AvgIpc) is 2.29. The van der Waals surface area contributed by atoms with Crippen molar-refractivity contribution in [2.45, 2.75) is 19.4 Å². The van der Waals surface area contributed by atoms with Crippen LogP contribution in [0.15, 0.2) is 18.5 Å². The van der Waals surface area contributed by atoms with Crippen LogP contribution >= 0.6 is 11.6 Å². The predicted molar refractivity (Wildman–Crippen MR) is 63.1 cm³/mol. The number of pyridine rings is 1. The summed E-state index contributed by atoms with van der Waals surface area (Å²) in [5.74, 6) is -1.49. The molecule has 0 radical (unpaired) electrons. The Morgan fingerprint density at radius 3 is 2.71 bits per heavy atom. The maximum atomic E-state index is 12.0. The Balaban J connectivity index is 2.98. The van der Waals surface area contributed by atoms with Crippen molar-refractivity contribution in [3.8, 4) is 0 Å². The molecule has 1 aromatic heterocycles. The summed E-state index contributed by atoms with van der Waals surface area (Å²) in [5, 5.41) is 9.23. The lowest BCUT2D eigenvalue weighted by Crippen LogP contribution is -2.42. The van der Waals surface area contributed by atoms with Gasteiger partial charge in [-0.15, -0.1) is 0 Å². The van der Waals surface area contributed by atoms with E-state index in [9.17, 15) is 9.59 Å². The molecule has 0 aromatic carbocycles. The summed E-state index contributed by atoms with van der Waals surface area (Å²) >= 11 is 5.86. The quantitative estimate of drug-likeness (QED) is 0.890. The molecule has 0 aliphatic carbocycles. The summed E-state index contributed by atoms with van der Waals surface area (Å²) in [7, 11) is 1.44. The number of carboxylic acids is 1. The molecule has 0 saturated carbocycles. The first-order valence-corrected chi connectivity index (χ1v) is 5.46. The number of carboxylic acid groups (broad SMARTS) is 1. The number of carbonyl (C=O) groups excluding carboxylic acids is 1. The molecule has 0 spiro atoms. The molecule has 1 unspecified atom stereocenters. The van der Waals surface area contributed by atoms with E-state index < -0.39 is 17.9 Å². The molecule has 0 aliphatic heterocycles. The summed E-state index contributed by atoms with van der Waals surface area (Å²) in [4.78, 5) is 27.9. The molecule has 0 fully saturated rings. The van der Waals surface area contributed by atoms with E-state index in [1.807, 2.05) is 0 Å². The van der Waals surface area contributed by atoms with Gasteiger partial charge >= 0.3 is 5.97 Å². The van der Waals surface area contributed by atoms with Crippen LogP contribution in [-0.4, -0.2) is 40.0 Å². The van der Waals surface area contributed by atoms with Crippen molar-refractivity contribution < 1.29 is 14.7 Å². The number of hydrogen-bond acceptors (Lipinski definition) is 3. The van der Waals surface area contributed by atoms with Gasteiger partial charge < -0.3 is 10.0 Å². The third kappa shape index (κ3) is 2.94. The third-order valence-electron chi connectivity index (χ3n) is 2.46. The zero-order valence-electron chi connectivity index (χ0n) is 9.55. The average molecular weight is 257 g/mol. The topological polar surface area (TPSA) is 70.5 Å². The Labute approximate surface area is 104 Å². The van der Waals surface area contributed by atoms with Gasteiger partial charge in [0.2, 0.25) is 0 Å². The first kappa shape index (κ1) is 13.4. The fourth-order valence-electron chi connectivity index (χ4n) is 1.48. The Morgan fingerprint density at radius 1 is 1.59 bits per heavy atom. The number of aliphatic carboxylic acids is 1. The van der Waals surface area contributed by atoms with Crippen LogP contribution < -0.4 is 0 Å². The minimum atomic E-state index is -1.04. The molecule has 1 heterocycles. The highest BCUT2D eigenvalue weighted by Crippen LogP contribution is 2.17. The zero-order valence-corrected chi connectivity index (χ0v) is 10.3. The molecule has 0 saturated heterocycles. The van der Waals surface area contributed by atoms with E-state index >= 15 is 0 Å². The monoisotopic (exact) mass is 256 g/mol. The van der Waals surface area contributed by atoms with E-state index in [-0.39, 0.29) is 10.6 Å². The fourth-order valence-corrected chi connectivity index (χ4v) is 1.67. The largest absolute Gasteiger partial charge is 0.480 e. The van der Waals surface area contributed by atoms with Gasteiger partial charge in [-0.05, 0) is 12.5 Å². The van der Waals surface area contributed by atoms with Crippen molar-refractivity contribution in [3.05, 3.63) is 29.0 Å². The molecule has 1 aromatic rings. The van der Waals surface area contributed by atoms with Crippen LogP contribution in [0.4, 0.5) is 0 Å². The van der Waals surface area contributed by atoms with Gasteiger partial charge in [0.1, 0.15) is 6.04 Å². The van der Waals surface area contributed by atoms with Crippen molar-refractivity contribution in [2.24, 2.45) is 0 Å². The summed E-state index contributed by atoms with van der Waals surface area (Å²) in [6, 6.07) is 0.628. The van der Waals surface area contributed by atoms with Gasteiger partial charge in [0.25, 0.3) is 5.91 Å². The lowest BCUT2D eigenvalue weighted by molar-refractivity contribution is -0.142. The summed E-state index contributed by atoms with van der Waals surface area (Å²) < 4.78 is 0. The van der Waals surface area contributed by atoms with Gasteiger partial charge in [-0.3, -0.25) is 9.78 Å². The summed E-state index contributed by atoms with van der Waals surface area (Å²) in [6.45, 7) is 1.70. The first-order chi connectivity index (χ1) is 7.99. The van der Waals surface area contributed by atoms with Crippen LogP contribution in [0.5, 0.6) is 0 Å². The molecular weight excluding hydrogens is 244 g/mol. The predicted octanol–water partition coefficient (Wildman–Crippen LogP) is 1.67. The molecule has 0 bridgehead atoms. The molecule has 0 aliphatic rings. The zero-order chi connectivity index (χ0) is 13.0. The van der Waals surface area contributed by atoms with Crippen LogP contribution in [0, 0.1) is 0 Å². The number of likely N-dealkylation sites (N-methyl/N-ethyl adjacent to an activating group) is 1. The third-order valence-corrected chi connectivity index (χ3v) is 2.79. The molecule has 5 nitrogen and oxygen atoms in total. The van der Waals surface area contributed by atoms with E-state index in [0.717, 1.165) is 4.90 Å². The van der Waals surface area contributed by atoms with Crippen molar-refractivity contribution >= 4 is 23.5 Å². The van der Waals surface area contributed by atoms with Gasteiger partial charge in [-0.25, -0.2) is 4.79 Å². The van der Waals surface area contributed by atoms with Crippen LogP contribution in [-0.2, 0) is 4.79 Å². The Bertz CT molecular complexity index is 436. The molecular formula is C11H13ClN2O3. The smallest absolute Gasteiger partial charge is 0.326 e. The molecule has 1 amide bonds. The second-order valence-corrected chi connectivity index (χ2v) is 3.94. The number of carbonyl (C=O) groups is 2. The normalized spacial score (nSPS) is 11.9. The number of amides is 1. The van der Waals surface area contributed by atoms with Gasteiger partial charge in [-0.1, -0.05) is 18.5 Å². The molecule has 1 rings (SSSR count). The lowest BCUT2D eigenvalue weighted by atomic mass is 10.1. The summed E-state index contributed by atoms with van der Waals surface area (Å²) in [6.07, 6.45) is 3.12. The van der Waals surface area contributed by atoms with E-state index in [4.69, 9.17) is 16.7 Å². The number of hydrogen-bond donors (Lipinski definition) is 1. The number of aromatic nitrogens is 1. The SMILES string of the molecule is CCC(C(=O)O)N(C)C(=O)c1cnccc1Cl. The fraction of sp³-hybridized carbons (Fsp3) is 0.364. The van der Waals surface area contributed by atoms with Crippen LogP contribution in [0.1, 0.15) is 23.7 Å². The van der Waals surface area contributed by atoms with Crippen LogP contribution in [0.25, 0.3) is 0 Å². The maximum absolute atomic E-state index is 12.0. The van der Waals surface area contributed by atoms with Gasteiger partial charge in [0.15, 0.2) is 0 Å². The van der Waals surface area contributed by atoms with E-state index in [1.165, 1.54) is 25.5 Å². The second kappa shape index (κ2) is 5.63. The van der Waals surface area contributed by atoms with E-state index in [0.29, 0.717) is 6.42 Å². The second-order valence-electron chi connectivity index (χ2n) is 3.53. The molecule has 6 heteroatoms. The van der Waals surface area contributed by atoms with Gasteiger partial charge in [-0.2, -0.15) is 0 Å². The molecule has 1 atom stereocenters. The van der Waals surface area contributed by atoms with E-state index in [1.54, 1.807) is 6.92 Å². The van der Waals surface area contributed by atoms with Gasteiger partial charge in [0.05, 0.1) is 10.6 Å². The lowest BCUT2D eigenvalue weighted by Gasteiger charge is -2.23. The summed E-state index contributed by atoms with van der Waals surface area (Å²) in [5.41, 5.74) is 0.205. The van der Waals surface area contributed by atoms with E-state index in [2.05, 4.69) is 4.98 Å².